The van der Waals surface area contributed by atoms with E-state index in [1.54, 1.807) is 14.2 Å². The highest BCUT2D eigenvalue weighted by atomic mass is 16.5. The number of methoxy groups -OCH3 is 2. The molecule has 140 valence electrons. The van der Waals surface area contributed by atoms with Crippen LogP contribution in [0, 0.1) is 0 Å². The zero-order valence-electron chi connectivity index (χ0n) is 15.7. The highest BCUT2D eigenvalue weighted by Crippen LogP contribution is 2.37. The number of hydrogen-bond donors (Lipinski definition) is 1. The highest BCUT2D eigenvalue weighted by Gasteiger charge is 2.24. The molecule has 0 saturated heterocycles. The van der Waals surface area contributed by atoms with Crippen LogP contribution in [-0.4, -0.2) is 43.5 Å². The SMILES string of the molecule is COc1cc2c(c(CN(CCO)Cc3ccccc3OC)c1)OC(C)C2. The Kier molecular flexibility index (Phi) is 6.01. The van der Waals surface area contributed by atoms with Gasteiger partial charge in [-0.2, -0.15) is 0 Å². The van der Waals surface area contributed by atoms with Crippen LogP contribution in [0.4, 0.5) is 0 Å². The predicted molar refractivity (Wildman–Crippen MR) is 101 cm³/mol. The molecule has 1 atom stereocenters. The molecule has 1 N–H and O–H groups in total. The minimum Gasteiger partial charge on any atom is -0.497 e. The van der Waals surface area contributed by atoms with E-state index >= 15 is 0 Å². The molecule has 2 aromatic carbocycles. The second-order valence-electron chi connectivity index (χ2n) is 6.65. The summed E-state index contributed by atoms with van der Waals surface area (Å²) >= 11 is 0. The van der Waals surface area contributed by atoms with Crippen molar-refractivity contribution in [1.29, 1.82) is 0 Å². The van der Waals surface area contributed by atoms with E-state index < -0.39 is 0 Å². The molecule has 0 amide bonds. The number of aliphatic hydroxyl groups excluding tert-OH is 1. The number of rotatable bonds is 8. The zero-order chi connectivity index (χ0) is 18.5. The van der Waals surface area contributed by atoms with Crippen molar-refractivity contribution in [2.75, 3.05) is 27.4 Å². The van der Waals surface area contributed by atoms with Crippen molar-refractivity contribution in [1.82, 2.24) is 4.90 Å². The summed E-state index contributed by atoms with van der Waals surface area (Å²) in [4.78, 5) is 2.19. The molecule has 0 spiro atoms. The summed E-state index contributed by atoms with van der Waals surface area (Å²) < 4.78 is 17.0. The first-order valence-electron chi connectivity index (χ1n) is 8.96. The summed E-state index contributed by atoms with van der Waals surface area (Å²) in [7, 11) is 3.37. The smallest absolute Gasteiger partial charge is 0.127 e. The van der Waals surface area contributed by atoms with Crippen LogP contribution in [0.3, 0.4) is 0 Å². The number of nitrogens with zero attached hydrogens (tertiary/aromatic N) is 1. The minimum atomic E-state index is 0.0958. The van der Waals surface area contributed by atoms with Crippen LogP contribution in [0.25, 0.3) is 0 Å². The van der Waals surface area contributed by atoms with Crippen molar-refractivity contribution >= 4 is 0 Å². The van der Waals surface area contributed by atoms with Gasteiger partial charge in [-0.05, 0) is 25.1 Å². The highest BCUT2D eigenvalue weighted by molar-refractivity contribution is 5.50. The standard InChI is InChI=1S/C21H27NO4/c1-15-10-17-11-19(24-2)12-18(21(17)26-15)14-22(8-9-23)13-16-6-4-5-7-20(16)25-3/h4-7,11-12,15,23H,8-10,13-14H2,1-3H3. The zero-order valence-corrected chi connectivity index (χ0v) is 15.7. The molecule has 5 heteroatoms. The maximum Gasteiger partial charge on any atom is 0.127 e. The molecular weight excluding hydrogens is 330 g/mol. The molecule has 1 aliphatic rings. The fourth-order valence-corrected chi connectivity index (χ4v) is 3.48. The molecule has 1 unspecified atom stereocenters. The van der Waals surface area contributed by atoms with E-state index in [1.807, 2.05) is 24.3 Å². The van der Waals surface area contributed by atoms with Crippen LogP contribution >= 0.6 is 0 Å². The topological polar surface area (TPSA) is 51.2 Å². The summed E-state index contributed by atoms with van der Waals surface area (Å²) in [5.41, 5.74) is 3.37. The van der Waals surface area contributed by atoms with E-state index in [9.17, 15) is 5.11 Å². The third-order valence-corrected chi connectivity index (χ3v) is 4.68. The number of ether oxygens (including phenoxy) is 3. The third kappa shape index (κ3) is 4.11. The van der Waals surface area contributed by atoms with Crippen molar-refractivity contribution in [3.63, 3.8) is 0 Å². The number of benzene rings is 2. The van der Waals surface area contributed by atoms with Crippen molar-refractivity contribution in [2.24, 2.45) is 0 Å². The van der Waals surface area contributed by atoms with E-state index in [0.717, 1.165) is 34.8 Å². The number of fused-ring (bicyclic) bond motifs is 1. The van der Waals surface area contributed by atoms with E-state index in [0.29, 0.717) is 19.6 Å². The Morgan fingerprint density at radius 2 is 1.88 bits per heavy atom. The lowest BCUT2D eigenvalue weighted by atomic mass is 10.0. The van der Waals surface area contributed by atoms with Gasteiger partial charge in [0.25, 0.3) is 0 Å². The second-order valence-corrected chi connectivity index (χ2v) is 6.65. The Labute approximate surface area is 155 Å². The van der Waals surface area contributed by atoms with Gasteiger partial charge in [0.05, 0.1) is 20.8 Å². The molecule has 0 aliphatic carbocycles. The van der Waals surface area contributed by atoms with E-state index in [2.05, 4.69) is 24.0 Å². The lowest BCUT2D eigenvalue weighted by Gasteiger charge is -2.24. The van der Waals surface area contributed by atoms with Crippen molar-refractivity contribution < 1.29 is 19.3 Å². The van der Waals surface area contributed by atoms with E-state index in [-0.39, 0.29) is 12.7 Å². The fourth-order valence-electron chi connectivity index (χ4n) is 3.48. The van der Waals surface area contributed by atoms with Gasteiger partial charge in [0, 0.05) is 42.7 Å². The molecule has 1 aliphatic heterocycles. The summed E-state index contributed by atoms with van der Waals surface area (Å²) in [5.74, 6) is 2.66. The monoisotopic (exact) mass is 357 g/mol. The van der Waals surface area contributed by atoms with Gasteiger partial charge in [0.15, 0.2) is 0 Å². The van der Waals surface area contributed by atoms with Gasteiger partial charge in [-0.1, -0.05) is 18.2 Å². The Hall–Kier alpha value is -2.24. The summed E-state index contributed by atoms with van der Waals surface area (Å²) in [6.07, 6.45) is 1.07. The fraction of sp³-hybridized carbons (Fsp3) is 0.429. The summed E-state index contributed by atoms with van der Waals surface area (Å²) in [5, 5.41) is 9.53. The first-order chi connectivity index (χ1) is 12.6. The minimum absolute atomic E-state index is 0.0958. The number of hydrogen-bond acceptors (Lipinski definition) is 5. The lowest BCUT2D eigenvalue weighted by Crippen LogP contribution is -2.26. The molecular formula is C21H27NO4. The lowest BCUT2D eigenvalue weighted by molar-refractivity contribution is 0.179. The number of para-hydroxylation sites is 1. The van der Waals surface area contributed by atoms with Crippen LogP contribution in [0.5, 0.6) is 17.2 Å². The summed E-state index contributed by atoms with van der Waals surface area (Å²) in [6, 6.07) is 12.1. The Bertz CT molecular complexity index is 747. The van der Waals surface area contributed by atoms with Crippen molar-refractivity contribution in [2.45, 2.75) is 32.5 Å². The van der Waals surface area contributed by atoms with E-state index in [1.165, 1.54) is 5.56 Å². The Morgan fingerprint density at radius 1 is 1.12 bits per heavy atom. The molecule has 26 heavy (non-hydrogen) atoms. The van der Waals surface area contributed by atoms with Gasteiger partial charge < -0.3 is 19.3 Å². The molecule has 3 rings (SSSR count). The second kappa shape index (κ2) is 8.43. The maximum absolute atomic E-state index is 9.53. The summed E-state index contributed by atoms with van der Waals surface area (Å²) in [6.45, 7) is 4.10. The average Bonchev–Trinajstić information content (AvgIpc) is 3.02. The molecule has 1 heterocycles. The van der Waals surface area contributed by atoms with Crippen LogP contribution in [0.2, 0.25) is 0 Å². The van der Waals surface area contributed by atoms with Gasteiger partial charge in [0.2, 0.25) is 0 Å². The Balaban J connectivity index is 1.85. The molecule has 0 bridgehead atoms. The van der Waals surface area contributed by atoms with Gasteiger partial charge in [-0.25, -0.2) is 0 Å². The van der Waals surface area contributed by atoms with Crippen molar-refractivity contribution in [3.05, 3.63) is 53.1 Å². The number of aliphatic hydroxyl groups is 1. The van der Waals surface area contributed by atoms with Crippen LogP contribution in [0.1, 0.15) is 23.6 Å². The first kappa shape index (κ1) is 18.5. The van der Waals surface area contributed by atoms with Crippen molar-refractivity contribution in [3.8, 4) is 17.2 Å². The molecule has 0 saturated carbocycles. The molecule has 2 aromatic rings. The van der Waals surface area contributed by atoms with E-state index in [4.69, 9.17) is 14.2 Å². The molecule has 0 radical (unpaired) electrons. The molecule has 5 nitrogen and oxygen atoms in total. The average molecular weight is 357 g/mol. The van der Waals surface area contributed by atoms with Gasteiger partial charge in [0.1, 0.15) is 23.4 Å². The first-order valence-corrected chi connectivity index (χ1v) is 8.96. The van der Waals surface area contributed by atoms with Gasteiger partial charge >= 0.3 is 0 Å². The normalized spacial score (nSPS) is 15.7. The van der Waals surface area contributed by atoms with Crippen LogP contribution in [0.15, 0.2) is 36.4 Å². The molecule has 0 fully saturated rings. The van der Waals surface area contributed by atoms with Gasteiger partial charge in [-0.15, -0.1) is 0 Å². The maximum atomic E-state index is 9.53. The molecule has 0 aromatic heterocycles. The largest absolute Gasteiger partial charge is 0.497 e. The third-order valence-electron chi connectivity index (χ3n) is 4.68. The van der Waals surface area contributed by atoms with Crippen LogP contribution in [-0.2, 0) is 19.5 Å². The van der Waals surface area contributed by atoms with Gasteiger partial charge in [-0.3, -0.25) is 4.90 Å². The quantitative estimate of drug-likeness (QED) is 0.787. The Morgan fingerprint density at radius 3 is 2.62 bits per heavy atom. The predicted octanol–water partition coefficient (Wildman–Crippen LogP) is 3.02. The van der Waals surface area contributed by atoms with Crippen LogP contribution < -0.4 is 14.2 Å².